The van der Waals surface area contributed by atoms with Crippen LogP contribution in [0.5, 0.6) is 0 Å². The van der Waals surface area contributed by atoms with Crippen LogP contribution < -0.4 is 15.5 Å². The third kappa shape index (κ3) is 6.42. The number of hydrogen-bond acceptors (Lipinski definition) is 3. The van der Waals surface area contributed by atoms with Gasteiger partial charge in [0.1, 0.15) is 11.6 Å². The summed E-state index contributed by atoms with van der Waals surface area (Å²) in [6, 6.07) is 11.8. The van der Waals surface area contributed by atoms with Gasteiger partial charge in [-0.1, -0.05) is 18.2 Å². The Hall–Kier alpha value is -2.67. The van der Waals surface area contributed by atoms with Crippen LogP contribution in [-0.4, -0.2) is 45.4 Å². The number of hydrogen-bond donors (Lipinski definition) is 2. The largest absolute Gasteiger partial charge is 0.378 e. The van der Waals surface area contributed by atoms with Crippen LogP contribution in [0.15, 0.2) is 47.5 Å². The fraction of sp³-hybridized carbons (Fsp3) is 0.409. The van der Waals surface area contributed by atoms with Gasteiger partial charge in [-0.15, -0.1) is 0 Å². The zero-order chi connectivity index (χ0) is 20.5. The summed E-state index contributed by atoms with van der Waals surface area (Å²) in [5.41, 5.74) is 2.34. The molecule has 3 rings (SSSR count). The van der Waals surface area contributed by atoms with Gasteiger partial charge in [-0.25, -0.2) is 13.8 Å². The summed E-state index contributed by atoms with van der Waals surface area (Å²) in [5, 5.41) is 6.41. The molecule has 0 radical (unpaired) electrons. The van der Waals surface area contributed by atoms with Crippen molar-refractivity contribution in [3.05, 3.63) is 65.2 Å². The Kier molecular flexibility index (Phi) is 7.81. The molecule has 0 unspecified atom stereocenters. The number of nitrogens with zero attached hydrogens (tertiary/aromatic N) is 2. The van der Waals surface area contributed by atoms with E-state index in [-0.39, 0.29) is 11.6 Å². The second kappa shape index (κ2) is 10.8. The highest BCUT2D eigenvalue weighted by Crippen LogP contribution is 2.22. The second-order valence-corrected chi connectivity index (χ2v) is 6.89. The molecule has 0 amide bonds. The third-order valence-electron chi connectivity index (χ3n) is 4.72. The molecule has 0 saturated carbocycles. The lowest BCUT2D eigenvalue weighted by Gasteiger charge is -2.29. The summed E-state index contributed by atoms with van der Waals surface area (Å²) in [6.07, 6.45) is 0.686. The Morgan fingerprint density at radius 2 is 1.90 bits per heavy atom. The van der Waals surface area contributed by atoms with Gasteiger partial charge in [-0.3, -0.25) is 0 Å². The van der Waals surface area contributed by atoms with E-state index in [1.807, 2.05) is 30.0 Å². The summed E-state index contributed by atoms with van der Waals surface area (Å²) in [4.78, 5) is 6.54. The highest BCUT2D eigenvalue weighted by molar-refractivity contribution is 5.79. The van der Waals surface area contributed by atoms with Crippen LogP contribution in [0, 0.1) is 11.6 Å². The van der Waals surface area contributed by atoms with Crippen LogP contribution >= 0.6 is 0 Å². The maximum atomic E-state index is 14.5. The predicted molar refractivity (Wildman–Crippen MR) is 112 cm³/mol. The molecule has 156 valence electrons. The molecule has 2 aromatic rings. The fourth-order valence-corrected chi connectivity index (χ4v) is 3.24. The minimum Gasteiger partial charge on any atom is -0.378 e. The zero-order valence-corrected chi connectivity index (χ0v) is 16.8. The van der Waals surface area contributed by atoms with E-state index in [0.717, 1.165) is 17.7 Å². The molecule has 1 saturated heterocycles. The summed E-state index contributed by atoms with van der Waals surface area (Å²) < 4.78 is 33.1. The van der Waals surface area contributed by atoms with Crippen molar-refractivity contribution in [3.63, 3.8) is 0 Å². The molecule has 0 spiro atoms. The third-order valence-corrected chi connectivity index (χ3v) is 4.72. The van der Waals surface area contributed by atoms with E-state index in [1.54, 1.807) is 12.1 Å². The normalized spacial score (nSPS) is 14.7. The quantitative estimate of drug-likeness (QED) is 0.552. The second-order valence-electron chi connectivity index (χ2n) is 6.89. The van der Waals surface area contributed by atoms with Gasteiger partial charge in [-0.05, 0) is 48.7 Å². The highest BCUT2D eigenvalue weighted by atomic mass is 19.1. The number of ether oxygens (including phenoxy) is 1. The first-order chi connectivity index (χ1) is 14.2. The minimum atomic E-state index is -0.233. The van der Waals surface area contributed by atoms with Gasteiger partial charge in [0.05, 0.1) is 25.4 Å². The van der Waals surface area contributed by atoms with Crippen molar-refractivity contribution in [2.24, 2.45) is 4.99 Å². The van der Waals surface area contributed by atoms with Crippen LogP contribution in [0.3, 0.4) is 0 Å². The first-order valence-corrected chi connectivity index (χ1v) is 10.0. The number of guanidine groups is 1. The molecule has 1 aliphatic rings. The van der Waals surface area contributed by atoms with Crippen LogP contribution in [0.4, 0.5) is 14.5 Å². The van der Waals surface area contributed by atoms with E-state index >= 15 is 0 Å². The van der Waals surface area contributed by atoms with Crippen LogP contribution in [0.25, 0.3) is 0 Å². The van der Waals surface area contributed by atoms with Crippen molar-refractivity contribution in [1.82, 2.24) is 10.6 Å². The molecule has 29 heavy (non-hydrogen) atoms. The van der Waals surface area contributed by atoms with Crippen molar-refractivity contribution < 1.29 is 13.5 Å². The van der Waals surface area contributed by atoms with Gasteiger partial charge in [0.2, 0.25) is 0 Å². The average molecular weight is 402 g/mol. The Morgan fingerprint density at radius 3 is 2.62 bits per heavy atom. The molecule has 0 aliphatic carbocycles. The number of rotatable bonds is 7. The monoisotopic (exact) mass is 402 g/mol. The molecule has 0 aromatic heterocycles. The Labute approximate surface area is 170 Å². The van der Waals surface area contributed by atoms with Gasteiger partial charge in [0, 0.05) is 26.2 Å². The first kappa shape index (κ1) is 21.0. The van der Waals surface area contributed by atoms with E-state index in [0.29, 0.717) is 57.5 Å². The van der Waals surface area contributed by atoms with E-state index in [9.17, 15) is 8.78 Å². The SMILES string of the molecule is CCNC(=NCc1ccc(N2CCOCC2)c(F)c1)NCCc1cccc(F)c1. The number of anilines is 1. The lowest BCUT2D eigenvalue weighted by atomic mass is 10.1. The highest BCUT2D eigenvalue weighted by Gasteiger charge is 2.15. The molecular formula is C22H28F2N4O. The lowest BCUT2D eigenvalue weighted by molar-refractivity contribution is 0.122. The summed E-state index contributed by atoms with van der Waals surface area (Å²) in [5.74, 6) is 0.191. The summed E-state index contributed by atoms with van der Waals surface area (Å²) in [7, 11) is 0. The van der Waals surface area contributed by atoms with Gasteiger partial charge in [0.25, 0.3) is 0 Å². The van der Waals surface area contributed by atoms with E-state index in [2.05, 4.69) is 15.6 Å². The number of benzene rings is 2. The van der Waals surface area contributed by atoms with Crippen molar-refractivity contribution in [2.45, 2.75) is 19.9 Å². The molecule has 5 nitrogen and oxygen atoms in total. The van der Waals surface area contributed by atoms with Crippen LogP contribution in [0.2, 0.25) is 0 Å². The van der Waals surface area contributed by atoms with Gasteiger partial charge in [-0.2, -0.15) is 0 Å². The van der Waals surface area contributed by atoms with E-state index in [1.165, 1.54) is 12.1 Å². The molecule has 1 aliphatic heterocycles. The molecule has 1 fully saturated rings. The number of aliphatic imine (C=N–C) groups is 1. The molecule has 0 bridgehead atoms. The first-order valence-electron chi connectivity index (χ1n) is 10.0. The Balaban J connectivity index is 1.56. The van der Waals surface area contributed by atoms with E-state index < -0.39 is 0 Å². The van der Waals surface area contributed by atoms with Crippen molar-refractivity contribution in [3.8, 4) is 0 Å². The maximum Gasteiger partial charge on any atom is 0.191 e. The minimum absolute atomic E-state index is 0.231. The smallest absolute Gasteiger partial charge is 0.191 e. The summed E-state index contributed by atoms with van der Waals surface area (Å²) >= 11 is 0. The number of nitrogens with one attached hydrogen (secondary N) is 2. The van der Waals surface area contributed by atoms with Gasteiger partial charge < -0.3 is 20.3 Å². The van der Waals surface area contributed by atoms with Crippen molar-refractivity contribution in [1.29, 1.82) is 0 Å². The standard InChI is InChI=1S/C22H28F2N4O/c1-2-25-22(26-9-8-17-4-3-5-19(23)14-17)27-16-18-6-7-21(20(24)15-18)28-10-12-29-13-11-28/h3-7,14-15H,2,8-13,16H2,1H3,(H2,25,26,27). The maximum absolute atomic E-state index is 14.5. The zero-order valence-electron chi connectivity index (χ0n) is 16.8. The molecule has 7 heteroatoms. The number of halogens is 2. The Bertz CT molecular complexity index is 822. The summed E-state index contributed by atoms with van der Waals surface area (Å²) in [6.45, 7) is 6.35. The van der Waals surface area contributed by atoms with Gasteiger partial charge in [0.15, 0.2) is 5.96 Å². The van der Waals surface area contributed by atoms with E-state index in [4.69, 9.17) is 4.74 Å². The predicted octanol–water partition coefficient (Wildman–Crippen LogP) is 3.10. The van der Waals surface area contributed by atoms with Gasteiger partial charge >= 0.3 is 0 Å². The van der Waals surface area contributed by atoms with Crippen LogP contribution in [0.1, 0.15) is 18.1 Å². The molecular weight excluding hydrogens is 374 g/mol. The molecule has 2 aromatic carbocycles. The number of morpholine rings is 1. The van der Waals surface area contributed by atoms with Crippen LogP contribution in [-0.2, 0) is 17.7 Å². The molecule has 0 atom stereocenters. The topological polar surface area (TPSA) is 48.9 Å². The van der Waals surface area contributed by atoms with Crippen molar-refractivity contribution >= 4 is 11.6 Å². The average Bonchev–Trinajstić information content (AvgIpc) is 2.73. The Morgan fingerprint density at radius 1 is 1.07 bits per heavy atom. The molecule has 1 heterocycles. The fourth-order valence-electron chi connectivity index (χ4n) is 3.24. The lowest BCUT2D eigenvalue weighted by Crippen LogP contribution is -2.38. The molecule has 2 N–H and O–H groups in total. The van der Waals surface area contributed by atoms with Crippen molar-refractivity contribution in [2.75, 3.05) is 44.3 Å².